The Morgan fingerprint density at radius 3 is 1.54 bits per heavy atom. The van der Waals surface area contributed by atoms with E-state index in [1.54, 1.807) is 12.1 Å². The van der Waals surface area contributed by atoms with E-state index in [0.717, 1.165) is 38.5 Å². The molecule has 0 spiro atoms. The van der Waals surface area contributed by atoms with Gasteiger partial charge in [0.05, 0.1) is 24.7 Å². The third kappa shape index (κ3) is 5.49. The van der Waals surface area contributed by atoms with Gasteiger partial charge in [0, 0.05) is 22.4 Å². The molecule has 236 valence electrons. The molecule has 1 aromatic heterocycles. The van der Waals surface area contributed by atoms with Gasteiger partial charge in [0.2, 0.25) is 0 Å². The Kier molecular flexibility index (Phi) is 5.36. The van der Waals surface area contributed by atoms with Crippen molar-refractivity contribution >= 4 is 21.8 Å². The molecule has 0 amide bonds. The number of hydrogen-bond donors (Lipinski definition) is 0. The molecule has 0 radical (unpaired) electrons. The van der Waals surface area contributed by atoms with Gasteiger partial charge in [-0.15, -0.1) is 0 Å². The smallest absolute Gasteiger partial charge is 0.0629 e. The minimum Gasteiger partial charge on any atom is -0.309 e. The van der Waals surface area contributed by atoms with Crippen LogP contribution in [0.25, 0.3) is 60.9 Å². The summed E-state index contributed by atoms with van der Waals surface area (Å²) in [5.74, 6) is -0.00780. The Labute approximate surface area is 307 Å². The fourth-order valence-corrected chi connectivity index (χ4v) is 7.01. The molecular formula is C49H35N. The fraction of sp³-hybridized carbons (Fsp3) is 0.0204. The van der Waals surface area contributed by atoms with Gasteiger partial charge in [-0.3, -0.25) is 0 Å². The molecule has 0 aliphatic rings. The van der Waals surface area contributed by atoms with E-state index in [4.69, 9.17) is 13.7 Å². The second kappa shape index (κ2) is 12.9. The molecule has 9 aromatic rings. The SMILES string of the molecule is [2H]c1c([2H])c([2H])c(-c2cc(-c3c([2H])c([2H])c([2H])c([2H])c3[2H])cc(-n3c4ccccc4c4ccc(-c5cccc(C(c6ccccc6)c6ccccc6)c5)cc43)c2)c([2H])c1[2H]. The zero-order chi connectivity index (χ0) is 42.0. The zero-order valence-corrected chi connectivity index (χ0v) is 26.9. The minimum absolute atomic E-state index is 0.00780. The van der Waals surface area contributed by atoms with E-state index >= 15 is 0 Å². The van der Waals surface area contributed by atoms with Gasteiger partial charge >= 0.3 is 0 Å². The minimum atomic E-state index is -0.534. The van der Waals surface area contributed by atoms with Gasteiger partial charge in [-0.1, -0.05) is 176 Å². The Balaban J connectivity index is 1.31. The van der Waals surface area contributed by atoms with Crippen LogP contribution < -0.4 is 0 Å². The first-order valence-corrected chi connectivity index (χ1v) is 16.5. The van der Waals surface area contributed by atoms with Gasteiger partial charge in [0.1, 0.15) is 0 Å². The van der Waals surface area contributed by atoms with Crippen LogP contribution in [0.3, 0.4) is 0 Å². The number of fused-ring (bicyclic) bond motifs is 3. The van der Waals surface area contributed by atoms with Crippen LogP contribution in [-0.4, -0.2) is 4.57 Å². The van der Waals surface area contributed by atoms with Gasteiger partial charge in [0.15, 0.2) is 0 Å². The van der Waals surface area contributed by atoms with Crippen molar-refractivity contribution < 1.29 is 13.7 Å². The van der Waals surface area contributed by atoms with E-state index in [1.807, 2.05) is 41.0 Å². The first-order chi connectivity index (χ1) is 28.9. The van der Waals surface area contributed by atoms with Crippen LogP contribution in [0.15, 0.2) is 206 Å². The molecular weight excluding hydrogens is 603 g/mol. The summed E-state index contributed by atoms with van der Waals surface area (Å²) in [6.45, 7) is 0. The van der Waals surface area contributed by atoms with Crippen molar-refractivity contribution in [2.24, 2.45) is 0 Å². The van der Waals surface area contributed by atoms with E-state index in [9.17, 15) is 0 Å². The van der Waals surface area contributed by atoms with Gasteiger partial charge in [0.25, 0.3) is 0 Å². The normalized spacial score (nSPS) is 14.2. The molecule has 9 rings (SSSR count). The maximum Gasteiger partial charge on any atom is 0.0629 e. The lowest BCUT2D eigenvalue weighted by atomic mass is 9.84. The largest absolute Gasteiger partial charge is 0.309 e. The molecule has 0 saturated carbocycles. The van der Waals surface area contributed by atoms with Crippen molar-refractivity contribution in [3.63, 3.8) is 0 Å². The summed E-state index contributed by atoms with van der Waals surface area (Å²) in [5, 5.41) is 1.88. The molecule has 0 N–H and O–H groups in total. The summed E-state index contributed by atoms with van der Waals surface area (Å²) in [4.78, 5) is 0. The van der Waals surface area contributed by atoms with E-state index in [2.05, 4.69) is 91.0 Å². The number of para-hydroxylation sites is 1. The summed E-state index contributed by atoms with van der Waals surface area (Å²) in [6, 6.07) is 43.7. The van der Waals surface area contributed by atoms with Crippen molar-refractivity contribution in [1.82, 2.24) is 4.57 Å². The van der Waals surface area contributed by atoms with Crippen LogP contribution in [0.1, 0.15) is 36.3 Å². The van der Waals surface area contributed by atoms with Crippen LogP contribution in [0.4, 0.5) is 0 Å². The summed E-state index contributed by atoms with van der Waals surface area (Å²) < 4.78 is 87.9. The second-order valence-corrected chi connectivity index (χ2v) is 12.2. The molecule has 0 atom stereocenters. The van der Waals surface area contributed by atoms with E-state index in [1.165, 1.54) is 17.2 Å². The van der Waals surface area contributed by atoms with Gasteiger partial charge in [-0.2, -0.15) is 0 Å². The molecule has 0 bridgehead atoms. The van der Waals surface area contributed by atoms with Gasteiger partial charge < -0.3 is 4.57 Å². The highest BCUT2D eigenvalue weighted by Gasteiger charge is 2.19. The van der Waals surface area contributed by atoms with Crippen LogP contribution in [0, 0.1) is 0 Å². The third-order valence-electron chi connectivity index (χ3n) is 9.25. The lowest BCUT2D eigenvalue weighted by Gasteiger charge is -2.20. The van der Waals surface area contributed by atoms with Crippen molar-refractivity contribution in [2.75, 3.05) is 0 Å². The standard InChI is InChI=1S/C49H35N/c1-5-16-35(17-6-1)42-31-43(36-18-7-2-8-19-36)33-44(32-42)50-47-27-14-13-26-45(47)46-29-28-40(34-48(46)50)39-24-15-25-41(30-39)49(37-20-9-3-10-21-37)38-22-11-4-12-23-38/h1-34,49H/i1D,2D,5D,6D,7D,8D,16D,17D,18D,19D. The van der Waals surface area contributed by atoms with Gasteiger partial charge in [-0.05, 0) is 80.4 Å². The van der Waals surface area contributed by atoms with E-state index in [0.29, 0.717) is 5.69 Å². The van der Waals surface area contributed by atoms with E-state index in [-0.39, 0.29) is 28.2 Å². The van der Waals surface area contributed by atoms with Crippen LogP contribution in [0.2, 0.25) is 0 Å². The summed E-state index contributed by atoms with van der Waals surface area (Å²) in [5.41, 5.74) is 7.87. The molecule has 0 fully saturated rings. The summed E-state index contributed by atoms with van der Waals surface area (Å²) in [6.07, 6.45) is 0. The topological polar surface area (TPSA) is 4.93 Å². The monoisotopic (exact) mass is 647 g/mol. The number of rotatable bonds is 7. The number of nitrogens with zero attached hydrogens (tertiary/aromatic N) is 1. The molecule has 0 unspecified atom stereocenters. The lowest BCUT2D eigenvalue weighted by molar-refractivity contribution is 0.978. The lowest BCUT2D eigenvalue weighted by Crippen LogP contribution is -2.03. The number of hydrogen-bond acceptors (Lipinski definition) is 0. The Morgan fingerprint density at radius 2 is 0.900 bits per heavy atom. The average Bonchev–Trinajstić information content (AvgIpc) is 3.61. The predicted octanol–water partition coefficient (Wildman–Crippen LogP) is 13.0. The Bertz CT molecular complexity index is 2970. The maximum absolute atomic E-state index is 8.88. The van der Waals surface area contributed by atoms with Gasteiger partial charge in [-0.25, -0.2) is 0 Å². The number of benzene rings is 8. The molecule has 0 aliphatic heterocycles. The van der Waals surface area contributed by atoms with E-state index < -0.39 is 60.4 Å². The third-order valence-corrected chi connectivity index (χ3v) is 9.25. The van der Waals surface area contributed by atoms with Crippen molar-refractivity contribution in [2.45, 2.75) is 5.92 Å². The molecule has 1 heteroatoms. The highest BCUT2D eigenvalue weighted by atomic mass is 15.0. The zero-order valence-electron chi connectivity index (χ0n) is 36.9. The average molecular weight is 648 g/mol. The van der Waals surface area contributed by atoms with Crippen molar-refractivity contribution in [3.05, 3.63) is 223 Å². The molecule has 0 aliphatic carbocycles. The molecule has 50 heavy (non-hydrogen) atoms. The predicted molar refractivity (Wildman–Crippen MR) is 211 cm³/mol. The molecule has 0 saturated heterocycles. The first-order valence-electron chi connectivity index (χ1n) is 21.5. The first kappa shape index (κ1) is 20.8. The van der Waals surface area contributed by atoms with Crippen LogP contribution >= 0.6 is 0 Å². The van der Waals surface area contributed by atoms with Crippen molar-refractivity contribution in [3.8, 4) is 39.1 Å². The van der Waals surface area contributed by atoms with Crippen LogP contribution in [-0.2, 0) is 0 Å². The van der Waals surface area contributed by atoms with Crippen molar-refractivity contribution in [1.29, 1.82) is 0 Å². The quantitative estimate of drug-likeness (QED) is 0.152. The van der Waals surface area contributed by atoms with Crippen LogP contribution in [0.5, 0.6) is 0 Å². The second-order valence-electron chi connectivity index (χ2n) is 12.2. The number of aromatic nitrogens is 1. The summed E-state index contributed by atoms with van der Waals surface area (Å²) in [7, 11) is 0. The Hall–Kier alpha value is -6.44. The maximum atomic E-state index is 8.88. The molecule has 8 aromatic carbocycles. The highest BCUT2D eigenvalue weighted by molar-refractivity contribution is 6.10. The molecule has 1 heterocycles. The summed E-state index contributed by atoms with van der Waals surface area (Å²) >= 11 is 0. The molecule has 1 nitrogen and oxygen atoms in total. The highest BCUT2D eigenvalue weighted by Crippen LogP contribution is 2.39. The fourth-order valence-electron chi connectivity index (χ4n) is 7.01. The Morgan fingerprint density at radius 1 is 0.360 bits per heavy atom.